The smallest absolute Gasteiger partial charge is 0.119 e. The molecule has 0 radical (unpaired) electrons. The van der Waals surface area contributed by atoms with Gasteiger partial charge >= 0.3 is 0 Å². The van der Waals surface area contributed by atoms with Crippen molar-refractivity contribution in [2.75, 3.05) is 26.2 Å². The van der Waals surface area contributed by atoms with Crippen molar-refractivity contribution in [3.8, 4) is 5.75 Å². The number of pyridine rings is 1. The summed E-state index contributed by atoms with van der Waals surface area (Å²) in [6, 6.07) is 10.9. The first-order valence-electron chi connectivity index (χ1n) is 10.4. The van der Waals surface area contributed by atoms with Crippen molar-refractivity contribution in [3.05, 3.63) is 71.7 Å². The standard InChI is InChI=1S/C24H31N3O/c1-19(2)27-14-9-22-3-4-24(15-23(22)17-27)28-18-21-7-12-26(13-8-21)16-20-5-10-25-11-6-20/h3-6,10-11,15,21H,1,7-9,12-14,16-18H2,2H3. The molecule has 4 nitrogen and oxygen atoms in total. The van der Waals surface area contributed by atoms with Crippen molar-refractivity contribution in [1.29, 1.82) is 0 Å². The Morgan fingerprint density at radius 1 is 1.11 bits per heavy atom. The van der Waals surface area contributed by atoms with E-state index in [4.69, 9.17) is 4.74 Å². The van der Waals surface area contributed by atoms with E-state index in [9.17, 15) is 0 Å². The lowest BCUT2D eigenvalue weighted by atomic mass is 9.97. The molecule has 0 saturated carbocycles. The lowest BCUT2D eigenvalue weighted by Gasteiger charge is -2.32. The summed E-state index contributed by atoms with van der Waals surface area (Å²) in [4.78, 5) is 8.99. The van der Waals surface area contributed by atoms with Crippen LogP contribution in [-0.4, -0.2) is 41.0 Å². The summed E-state index contributed by atoms with van der Waals surface area (Å²) >= 11 is 0. The molecule has 2 aromatic rings. The number of benzene rings is 1. The van der Waals surface area contributed by atoms with Crippen LogP contribution in [0.1, 0.15) is 36.5 Å². The van der Waals surface area contributed by atoms with Crippen LogP contribution in [0.25, 0.3) is 0 Å². The molecule has 2 aliphatic heterocycles. The molecule has 0 atom stereocenters. The molecule has 3 heterocycles. The van der Waals surface area contributed by atoms with Gasteiger partial charge in [0.25, 0.3) is 0 Å². The van der Waals surface area contributed by atoms with Crippen molar-refractivity contribution in [2.24, 2.45) is 5.92 Å². The Kier molecular flexibility index (Phi) is 5.96. The van der Waals surface area contributed by atoms with Gasteiger partial charge in [0, 0.05) is 37.7 Å². The number of aromatic nitrogens is 1. The van der Waals surface area contributed by atoms with Crippen LogP contribution >= 0.6 is 0 Å². The number of piperidine rings is 1. The molecule has 4 heteroatoms. The summed E-state index contributed by atoms with van der Waals surface area (Å²) in [5.74, 6) is 1.66. The Balaban J connectivity index is 1.25. The molecule has 4 rings (SSSR count). The SMILES string of the molecule is C=C(C)N1CCc2ccc(OCC3CCN(Cc4ccncc4)CC3)cc2C1. The molecule has 0 bridgehead atoms. The van der Waals surface area contributed by atoms with Crippen molar-refractivity contribution in [1.82, 2.24) is 14.8 Å². The van der Waals surface area contributed by atoms with Crippen LogP contribution in [0.15, 0.2) is 55.0 Å². The number of fused-ring (bicyclic) bond motifs is 1. The zero-order chi connectivity index (χ0) is 19.3. The first kappa shape index (κ1) is 19.0. The lowest BCUT2D eigenvalue weighted by molar-refractivity contribution is 0.136. The molecule has 0 N–H and O–H groups in total. The fourth-order valence-corrected chi connectivity index (χ4v) is 4.22. The minimum absolute atomic E-state index is 0.650. The van der Waals surface area contributed by atoms with Gasteiger partial charge in [-0.3, -0.25) is 9.88 Å². The van der Waals surface area contributed by atoms with Gasteiger partial charge in [-0.2, -0.15) is 0 Å². The van der Waals surface area contributed by atoms with Crippen LogP contribution in [0.4, 0.5) is 0 Å². The number of allylic oxidation sites excluding steroid dienone is 1. The van der Waals surface area contributed by atoms with Gasteiger partial charge in [0.05, 0.1) is 6.61 Å². The van der Waals surface area contributed by atoms with Crippen LogP contribution in [0.2, 0.25) is 0 Å². The minimum Gasteiger partial charge on any atom is -0.493 e. The molecule has 0 unspecified atom stereocenters. The zero-order valence-electron chi connectivity index (χ0n) is 16.9. The molecule has 1 saturated heterocycles. The predicted octanol–water partition coefficient (Wildman–Crippen LogP) is 4.26. The van der Waals surface area contributed by atoms with Crippen LogP contribution in [0.3, 0.4) is 0 Å². The fraction of sp³-hybridized carbons (Fsp3) is 0.458. The summed E-state index contributed by atoms with van der Waals surface area (Å²) in [6.07, 6.45) is 7.27. The second-order valence-corrected chi connectivity index (χ2v) is 8.22. The Hall–Kier alpha value is -2.33. The third-order valence-electron chi connectivity index (χ3n) is 6.08. The van der Waals surface area contributed by atoms with E-state index in [1.807, 2.05) is 12.4 Å². The number of likely N-dealkylation sites (tertiary alicyclic amines) is 1. The first-order chi connectivity index (χ1) is 13.7. The number of ether oxygens (including phenoxy) is 1. The highest BCUT2D eigenvalue weighted by atomic mass is 16.5. The molecule has 28 heavy (non-hydrogen) atoms. The maximum atomic E-state index is 6.19. The molecule has 0 spiro atoms. The molecule has 1 aromatic heterocycles. The maximum Gasteiger partial charge on any atom is 0.119 e. The minimum atomic E-state index is 0.650. The van der Waals surface area contributed by atoms with Gasteiger partial charge in [0.2, 0.25) is 0 Å². The van der Waals surface area contributed by atoms with E-state index in [0.717, 1.165) is 57.2 Å². The molecular weight excluding hydrogens is 346 g/mol. The van der Waals surface area contributed by atoms with Gasteiger partial charge in [0.15, 0.2) is 0 Å². The third kappa shape index (κ3) is 4.74. The van der Waals surface area contributed by atoms with E-state index >= 15 is 0 Å². The summed E-state index contributed by atoms with van der Waals surface area (Å²) in [5, 5.41) is 0. The number of hydrogen-bond acceptors (Lipinski definition) is 4. The molecule has 0 amide bonds. The van der Waals surface area contributed by atoms with Crippen LogP contribution in [-0.2, 0) is 19.5 Å². The van der Waals surface area contributed by atoms with E-state index in [0.29, 0.717) is 5.92 Å². The van der Waals surface area contributed by atoms with E-state index < -0.39 is 0 Å². The normalized spacial score (nSPS) is 18.0. The van der Waals surface area contributed by atoms with Crippen LogP contribution in [0, 0.1) is 5.92 Å². The highest BCUT2D eigenvalue weighted by molar-refractivity contribution is 5.37. The van der Waals surface area contributed by atoms with Crippen molar-refractivity contribution >= 4 is 0 Å². The third-order valence-corrected chi connectivity index (χ3v) is 6.08. The summed E-state index contributed by atoms with van der Waals surface area (Å²) in [6.45, 7) is 12.4. The molecule has 148 valence electrons. The Labute approximate surface area is 168 Å². The highest BCUT2D eigenvalue weighted by Gasteiger charge is 2.21. The van der Waals surface area contributed by atoms with Gasteiger partial charge in [-0.25, -0.2) is 0 Å². The fourth-order valence-electron chi connectivity index (χ4n) is 4.22. The van der Waals surface area contributed by atoms with E-state index in [1.165, 1.54) is 29.5 Å². The zero-order valence-corrected chi connectivity index (χ0v) is 16.9. The van der Waals surface area contributed by atoms with Gasteiger partial charge < -0.3 is 9.64 Å². The molecule has 0 aliphatic carbocycles. The average molecular weight is 378 g/mol. The Bertz CT molecular complexity index is 797. The molecule has 2 aliphatic rings. The van der Waals surface area contributed by atoms with Crippen molar-refractivity contribution in [2.45, 2.75) is 39.3 Å². The quantitative estimate of drug-likeness (QED) is 0.752. The second-order valence-electron chi connectivity index (χ2n) is 8.22. The monoisotopic (exact) mass is 377 g/mol. The van der Waals surface area contributed by atoms with Crippen LogP contribution in [0.5, 0.6) is 5.75 Å². The second kappa shape index (κ2) is 8.78. The topological polar surface area (TPSA) is 28.6 Å². The van der Waals surface area contributed by atoms with Crippen molar-refractivity contribution < 1.29 is 4.74 Å². The first-order valence-corrected chi connectivity index (χ1v) is 10.4. The number of rotatable bonds is 6. The molecule has 1 aromatic carbocycles. The van der Waals surface area contributed by atoms with Gasteiger partial charge in [-0.15, -0.1) is 0 Å². The number of nitrogens with zero attached hydrogens (tertiary/aromatic N) is 3. The van der Waals surface area contributed by atoms with Gasteiger partial charge in [-0.05, 0) is 86.1 Å². The predicted molar refractivity (Wildman–Crippen MR) is 113 cm³/mol. The van der Waals surface area contributed by atoms with Gasteiger partial charge in [-0.1, -0.05) is 12.6 Å². The lowest BCUT2D eigenvalue weighted by Crippen LogP contribution is -2.35. The van der Waals surface area contributed by atoms with Crippen molar-refractivity contribution in [3.63, 3.8) is 0 Å². The summed E-state index contributed by atoms with van der Waals surface area (Å²) < 4.78 is 6.19. The average Bonchev–Trinajstić information content (AvgIpc) is 2.73. The van der Waals surface area contributed by atoms with E-state index in [-0.39, 0.29) is 0 Å². The summed E-state index contributed by atoms with van der Waals surface area (Å²) in [7, 11) is 0. The number of hydrogen-bond donors (Lipinski definition) is 0. The Morgan fingerprint density at radius 2 is 1.89 bits per heavy atom. The highest BCUT2D eigenvalue weighted by Crippen LogP contribution is 2.27. The maximum absolute atomic E-state index is 6.19. The molecular formula is C24H31N3O. The molecule has 1 fully saturated rings. The Morgan fingerprint density at radius 3 is 2.64 bits per heavy atom. The van der Waals surface area contributed by atoms with Gasteiger partial charge in [0.1, 0.15) is 5.75 Å². The summed E-state index contributed by atoms with van der Waals surface area (Å²) in [5.41, 5.74) is 5.34. The largest absolute Gasteiger partial charge is 0.493 e. The van der Waals surface area contributed by atoms with E-state index in [2.05, 4.69) is 58.6 Å². The van der Waals surface area contributed by atoms with E-state index in [1.54, 1.807) is 0 Å². The van der Waals surface area contributed by atoms with Crippen LogP contribution < -0.4 is 4.74 Å².